The zero-order valence-electron chi connectivity index (χ0n) is 13.2. The largest absolute Gasteiger partial charge is 0.340 e. The van der Waals surface area contributed by atoms with Crippen LogP contribution in [0.4, 0.5) is 0 Å². The van der Waals surface area contributed by atoms with Crippen molar-refractivity contribution >= 4 is 5.91 Å². The van der Waals surface area contributed by atoms with Crippen LogP contribution in [-0.4, -0.2) is 72.5 Å². The fourth-order valence-electron chi connectivity index (χ4n) is 4.72. The van der Waals surface area contributed by atoms with Crippen molar-refractivity contribution in [3.8, 4) is 0 Å². The first kappa shape index (κ1) is 14.0. The van der Waals surface area contributed by atoms with Crippen LogP contribution in [0.1, 0.15) is 38.5 Å². The van der Waals surface area contributed by atoms with Crippen LogP contribution >= 0.6 is 0 Å². The molecule has 4 nitrogen and oxygen atoms in total. The molecule has 4 heteroatoms. The molecule has 1 aliphatic carbocycles. The Morgan fingerprint density at radius 3 is 2.14 bits per heavy atom. The van der Waals surface area contributed by atoms with Crippen molar-refractivity contribution in [2.24, 2.45) is 11.8 Å². The van der Waals surface area contributed by atoms with E-state index < -0.39 is 0 Å². The third-order valence-electron chi connectivity index (χ3n) is 6.45. The van der Waals surface area contributed by atoms with Gasteiger partial charge in [-0.1, -0.05) is 6.42 Å². The van der Waals surface area contributed by atoms with E-state index in [1.807, 2.05) is 0 Å². The number of hydrogen-bond donors (Lipinski definition) is 0. The third kappa shape index (κ3) is 2.85. The maximum atomic E-state index is 12.3. The summed E-state index contributed by atoms with van der Waals surface area (Å²) in [4.78, 5) is 19.8. The molecule has 1 atom stereocenters. The molecule has 118 valence electrons. The summed E-state index contributed by atoms with van der Waals surface area (Å²) in [5, 5.41) is 0. The summed E-state index contributed by atoms with van der Waals surface area (Å²) in [5.74, 6) is 2.05. The summed E-state index contributed by atoms with van der Waals surface area (Å²) >= 11 is 0. The Kier molecular flexibility index (Phi) is 3.92. The maximum Gasteiger partial charge on any atom is 0.222 e. The molecule has 0 radical (unpaired) electrons. The van der Waals surface area contributed by atoms with Gasteiger partial charge in [0.05, 0.1) is 0 Å². The molecule has 5 fully saturated rings. The summed E-state index contributed by atoms with van der Waals surface area (Å²) < 4.78 is 0. The Labute approximate surface area is 128 Å². The minimum Gasteiger partial charge on any atom is -0.340 e. The van der Waals surface area contributed by atoms with E-state index in [0.29, 0.717) is 11.8 Å². The Balaban J connectivity index is 1.27. The minimum absolute atomic E-state index is 0.424. The van der Waals surface area contributed by atoms with Gasteiger partial charge in [0.15, 0.2) is 0 Å². The van der Waals surface area contributed by atoms with Crippen molar-refractivity contribution in [2.75, 3.05) is 45.8 Å². The van der Waals surface area contributed by atoms with Crippen LogP contribution in [0.15, 0.2) is 0 Å². The number of nitrogens with zero attached hydrogens (tertiary/aromatic N) is 3. The zero-order chi connectivity index (χ0) is 14.2. The normalized spacial score (nSPS) is 37.5. The lowest BCUT2D eigenvalue weighted by atomic mass is 9.82. The van der Waals surface area contributed by atoms with Crippen LogP contribution in [0.3, 0.4) is 0 Å². The molecule has 0 unspecified atom stereocenters. The highest BCUT2D eigenvalue weighted by Gasteiger charge is 2.38. The third-order valence-corrected chi connectivity index (χ3v) is 6.45. The van der Waals surface area contributed by atoms with Crippen LogP contribution in [0, 0.1) is 11.8 Å². The van der Waals surface area contributed by atoms with Crippen molar-refractivity contribution in [3.63, 3.8) is 0 Å². The van der Waals surface area contributed by atoms with Gasteiger partial charge in [0, 0.05) is 45.2 Å². The highest BCUT2D eigenvalue weighted by molar-refractivity contribution is 5.76. The van der Waals surface area contributed by atoms with Gasteiger partial charge in [-0.2, -0.15) is 0 Å². The van der Waals surface area contributed by atoms with Crippen LogP contribution in [0.5, 0.6) is 0 Å². The first-order valence-electron chi connectivity index (χ1n) is 9.04. The van der Waals surface area contributed by atoms with Crippen LogP contribution in [0.2, 0.25) is 0 Å². The molecule has 0 N–H and O–H groups in total. The molecule has 0 spiro atoms. The van der Waals surface area contributed by atoms with E-state index >= 15 is 0 Å². The lowest BCUT2D eigenvalue weighted by Crippen LogP contribution is -2.61. The summed E-state index contributed by atoms with van der Waals surface area (Å²) in [6.07, 6.45) is 7.51. The predicted octanol–water partition coefficient (Wildman–Crippen LogP) is 1.42. The SMILES string of the molecule is O=C(CC1CCC1)N1CCN([C@H]2CN3CCC2CC3)CC1. The molecule has 4 heterocycles. The molecule has 1 amide bonds. The molecule has 0 aromatic carbocycles. The lowest BCUT2D eigenvalue weighted by molar-refractivity contribution is -0.135. The maximum absolute atomic E-state index is 12.3. The summed E-state index contributed by atoms with van der Waals surface area (Å²) in [6.45, 7) is 8.06. The van der Waals surface area contributed by atoms with Crippen molar-refractivity contribution in [3.05, 3.63) is 0 Å². The van der Waals surface area contributed by atoms with Gasteiger partial charge >= 0.3 is 0 Å². The molecule has 21 heavy (non-hydrogen) atoms. The van der Waals surface area contributed by atoms with Crippen LogP contribution in [0.25, 0.3) is 0 Å². The molecule has 1 saturated carbocycles. The van der Waals surface area contributed by atoms with E-state index in [2.05, 4.69) is 14.7 Å². The van der Waals surface area contributed by atoms with Gasteiger partial charge < -0.3 is 9.80 Å². The Bertz CT molecular complexity index is 379. The highest BCUT2D eigenvalue weighted by atomic mass is 16.2. The molecule has 4 saturated heterocycles. The average Bonchev–Trinajstić information content (AvgIpc) is 2.52. The lowest BCUT2D eigenvalue weighted by Gasteiger charge is -2.51. The summed E-state index contributed by atoms with van der Waals surface area (Å²) in [7, 11) is 0. The van der Waals surface area contributed by atoms with Crippen molar-refractivity contribution in [2.45, 2.75) is 44.6 Å². The number of piperidine rings is 3. The molecule has 4 aliphatic heterocycles. The fourth-order valence-corrected chi connectivity index (χ4v) is 4.72. The van der Waals surface area contributed by atoms with Gasteiger partial charge in [0.25, 0.3) is 0 Å². The Morgan fingerprint density at radius 1 is 0.905 bits per heavy atom. The van der Waals surface area contributed by atoms with Gasteiger partial charge in [-0.15, -0.1) is 0 Å². The molecule has 5 aliphatic rings. The highest BCUT2D eigenvalue weighted by Crippen LogP contribution is 2.32. The Hall–Kier alpha value is -0.610. The first-order chi connectivity index (χ1) is 10.3. The molecule has 0 aromatic heterocycles. The second kappa shape index (κ2) is 5.88. The fraction of sp³-hybridized carbons (Fsp3) is 0.941. The number of carbonyl (C=O) groups is 1. The second-order valence-corrected chi connectivity index (χ2v) is 7.62. The van der Waals surface area contributed by atoms with E-state index in [4.69, 9.17) is 0 Å². The Morgan fingerprint density at radius 2 is 1.62 bits per heavy atom. The quantitative estimate of drug-likeness (QED) is 0.787. The van der Waals surface area contributed by atoms with Gasteiger partial charge in [-0.05, 0) is 50.6 Å². The van der Waals surface area contributed by atoms with Crippen molar-refractivity contribution < 1.29 is 4.79 Å². The number of amides is 1. The van der Waals surface area contributed by atoms with E-state index in [-0.39, 0.29) is 0 Å². The van der Waals surface area contributed by atoms with E-state index in [9.17, 15) is 4.79 Å². The topological polar surface area (TPSA) is 26.8 Å². The first-order valence-corrected chi connectivity index (χ1v) is 9.04. The number of carbonyl (C=O) groups excluding carboxylic acids is 1. The van der Waals surface area contributed by atoms with Crippen molar-refractivity contribution in [1.82, 2.24) is 14.7 Å². The molecule has 0 aromatic rings. The van der Waals surface area contributed by atoms with Crippen LogP contribution < -0.4 is 0 Å². The number of hydrogen-bond acceptors (Lipinski definition) is 3. The number of rotatable bonds is 3. The molecular formula is C17H29N3O. The monoisotopic (exact) mass is 291 g/mol. The van der Waals surface area contributed by atoms with Gasteiger partial charge in [0.2, 0.25) is 5.91 Å². The standard InChI is InChI=1S/C17H29N3O/c21-17(12-14-2-1-3-14)20-10-8-19(9-11-20)16-13-18-6-4-15(16)5-7-18/h14-16H,1-13H2/t16-/m0/s1. The van der Waals surface area contributed by atoms with E-state index in [0.717, 1.165) is 44.6 Å². The summed E-state index contributed by atoms with van der Waals surface area (Å²) in [6, 6.07) is 0.774. The van der Waals surface area contributed by atoms with Gasteiger partial charge in [-0.3, -0.25) is 9.69 Å². The van der Waals surface area contributed by atoms with E-state index in [1.165, 1.54) is 51.7 Å². The van der Waals surface area contributed by atoms with E-state index in [1.54, 1.807) is 0 Å². The second-order valence-electron chi connectivity index (χ2n) is 7.62. The average molecular weight is 291 g/mol. The predicted molar refractivity (Wildman–Crippen MR) is 83.1 cm³/mol. The van der Waals surface area contributed by atoms with Crippen LogP contribution in [-0.2, 0) is 4.79 Å². The van der Waals surface area contributed by atoms with Crippen molar-refractivity contribution in [1.29, 1.82) is 0 Å². The number of fused-ring (bicyclic) bond motifs is 3. The molecular weight excluding hydrogens is 262 g/mol. The molecule has 5 rings (SSSR count). The minimum atomic E-state index is 0.424. The smallest absolute Gasteiger partial charge is 0.222 e. The summed E-state index contributed by atoms with van der Waals surface area (Å²) in [5.41, 5.74) is 0. The van der Waals surface area contributed by atoms with Gasteiger partial charge in [-0.25, -0.2) is 0 Å². The molecule has 2 bridgehead atoms. The zero-order valence-corrected chi connectivity index (χ0v) is 13.2. The number of piperazine rings is 1. The van der Waals surface area contributed by atoms with Gasteiger partial charge in [0.1, 0.15) is 0 Å².